The van der Waals surface area contributed by atoms with Gasteiger partial charge in [-0.3, -0.25) is 0 Å². The standard InChI is InChI=1S/C51H35N3/c1-5-16-36(17-6-1)37-28-32-42(33-29-37)49-52-50(43-34-30-40(31-35-43)45-25-14-13-24-44(45)38-18-7-2-8-19-38)54-51(53-49)47-27-15-26-46(39-20-9-3-10-21-39)48(47)41-22-11-4-12-23-41/h1-35H. The van der Waals surface area contributed by atoms with Gasteiger partial charge in [-0.1, -0.05) is 212 Å². The van der Waals surface area contributed by atoms with Crippen molar-refractivity contribution in [3.8, 4) is 89.8 Å². The summed E-state index contributed by atoms with van der Waals surface area (Å²) in [6, 6.07) is 74.0. The number of nitrogens with zero attached hydrogens (tertiary/aromatic N) is 3. The summed E-state index contributed by atoms with van der Waals surface area (Å²) in [6.07, 6.45) is 0. The molecular formula is C51H35N3. The first kappa shape index (κ1) is 32.7. The molecular weight excluding hydrogens is 655 g/mol. The molecule has 0 saturated carbocycles. The molecule has 0 unspecified atom stereocenters. The Hall–Kier alpha value is -7.23. The Morgan fingerprint density at radius 3 is 1.02 bits per heavy atom. The van der Waals surface area contributed by atoms with Gasteiger partial charge in [-0.15, -0.1) is 0 Å². The predicted molar refractivity (Wildman–Crippen MR) is 223 cm³/mol. The summed E-state index contributed by atoms with van der Waals surface area (Å²) in [4.78, 5) is 15.6. The molecule has 1 aromatic heterocycles. The lowest BCUT2D eigenvalue weighted by Crippen LogP contribution is -2.02. The van der Waals surface area contributed by atoms with E-state index in [-0.39, 0.29) is 0 Å². The van der Waals surface area contributed by atoms with Gasteiger partial charge >= 0.3 is 0 Å². The molecule has 3 nitrogen and oxygen atoms in total. The van der Waals surface area contributed by atoms with Crippen LogP contribution in [0, 0.1) is 0 Å². The minimum Gasteiger partial charge on any atom is -0.208 e. The molecule has 0 aliphatic carbocycles. The maximum Gasteiger partial charge on any atom is 0.164 e. The molecule has 0 fully saturated rings. The van der Waals surface area contributed by atoms with E-state index in [1.54, 1.807) is 0 Å². The third-order valence-electron chi connectivity index (χ3n) is 9.80. The fraction of sp³-hybridized carbons (Fsp3) is 0. The quantitative estimate of drug-likeness (QED) is 0.159. The van der Waals surface area contributed by atoms with Gasteiger partial charge in [0.05, 0.1) is 0 Å². The first-order valence-corrected chi connectivity index (χ1v) is 18.2. The minimum atomic E-state index is 0.620. The van der Waals surface area contributed by atoms with E-state index in [1.807, 2.05) is 6.07 Å². The van der Waals surface area contributed by atoms with Crippen LogP contribution in [0.25, 0.3) is 89.8 Å². The summed E-state index contributed by atoms with van der Waals surface area (Å²) >= 11 is 0. The molecule has 0 radical (unpaired) electrons. The van der Waals surface area contributed by atoms with Crippen LogP contribution in [-0.4, -0.2) is 15.0 Å². The fourth-order valence-electron chi connectivity index (χ4n) is 7.11. The van der Waals surface area contributed by atoms with Crippen molar-refractivity contribution in [3.63, 3.8) is 0 Å². The predicted octanol–water partition coefficient (Wildman–Crippen LogP) is 13.2. The average Bonchev–Trinajstić information content (AvgIpc) is 3.27. The monoisotopic (exact) mass is 689 g/mol. The molecule has 0 aliphatic rings. The molecule has 254 valence electrons. The molecule has 0 aliphatic heterocycles. The molecule has 0 bridgehead atoms. The lowest BCUT2D eigenvalue weighted by atomic mass is 9.90. The molecule has 0 saturated heterocycles. The molecule has 9 rings (SSSR count). The van der Waals surface area contributed by atoms with Gasteiger partial charge < -0.3 is 0 Å². The van der Waals surface area contributed by atoms with Crippen molar-refractivity contribution < 1.29 is 0 Å². The molecule has 54 heavy (non-hydrogen) atoms. The summed E-state index contributed by atoms with van der Waals surface area (Å²) in [5.74, 6) is 1.86. The third kappa shape index (κ3) is 6.63. The van der Waals surface area contributed by atoms with Crippen LogP contribution in [0.15, 0.2) is 212 Å². The number of aromatic nitrogens is 3. The van der Waals surface area contributed by atoms with E-state index in [9.17, 15) is 0 Å². The first-order valence-electron chi connectivity index (χ1n) is 18.2. The van der Waals surface area contributed by atoms with Gasteiger partial charge in [0.1, 0.15) is 0 Å². The van der Waals surface area contributed by atoms with Crippen molar-refractivity contribution in [1.29, 1.82) is 0 Å². The zero-order valence-corrected chi connectivity index (χ0v) is 29.5. The van der Waals surface area contributed by atoms with Gasteiger partial charge in [0, 0.05) is 22.3 Å². The Balaban J connectivity index is 1.20. The average molecular weight is 690 g/mol. The van der Waals surface area contributed by atoms with Crippen LogP contribution < -0.4 is 0 Å². The van der Waals surface area contributed by atoms with Gasteiger partial charge in [-0.2, -0.15) is 0 Å². The van der Waals surface area contributed by atoms with Crippen LogP contribution in [0.1, 0.15) is 0 Å². The Morgan fingerprint density at radius 2 is 0.500 bits per heavy atom. The van der Waals surface area contributed by atoms with Crippen molar-refractivity contribution in [1.82, 2.24) is 15.0 Å². The van der Waals surface area contributed by atoms with Crippen molar-refractivity contribution in [3.05, 3.63) is 212 Å². The van der Waals surface area contributed by atoms with Crippen molar-refractivity contribution in [2.24, 2.45) is 0 Å². The molecule has 0 atom stereocenters. The summed E-state index contributed by atoms with van der Waals surface area (Å²) in [6.45, 7) is 0. The van der Waals surface area contributed by atoms with Crippen molar-refractivity contribution >= 4 is 0 Å². The van der Waals surface area contributed by atoms with Gasteiger partial charge in [-0.25, -0.2) is 15.0 Å². The van der Waals surface area contributed by atoms with E-state index in [0.29, 0.717) is 17.5 Å². The highest BCUT2D eigenvalue weighted by Crippen LogP contribution is 2.40. The lowest BCUT2D eigenvalue weighted by Gasteiger charge is -2.16. The van der Waals surface area contributed by atoms with E-state index < -0.39 is 0 Å². The number of hydrogen-bond acceptors (Lipinski definition) is 3. The molecule has 8 aromatic carbocycles. The first-order chi connectivity index (χ1) is 26.8. The van der Waals surface area contributed by atoms with Crippen LogP contribution in [0.3, 0.4) is 0 Å². The highest BCUT2D eigenvalue weighted by Gasteiger charge is 2.19. The minimum absolute atomic E-state index is 0.620. The van der Waals surface area contributed by atoms with Gasteiger partial charge in [0.15, 0.2) is 17.5 Å². The topological polar surface area (TPSA) is 38.7 Å². The van der Waals surface area contributed by atoms with E-state index in [4.69, 9.17) is 15.0 Å². The number of hydrogen-bond donors (Lipinski definition) is 0. The Bertz CT molecular complexity index is 2660. The normalized spacial score (nSPS) is 11.0. The van der Waals surface area contributed by atoms with Gasteiger partial charge in [-0.05, 0) is 50.1 Å². The second-order valence-corrected chi connectivity index (χ2v) is 13.2. The maximum atomic E-state index is 5.23. The van der Waals surface area contributed by atoms with E-state index in [0.717, 1.165) is 50.1 Å². The fourth-order valence-corrected chi connectivity index (χ4v) is 7.11. The molecule has 0 amide bonds. The number of benzene rings is 8. The van der Waals surface area contributed by atoms with Crippen LogP contribution >= 0.6 is 0 Å². The molecule has 9 aromatic rings. The largest absolute Gasteiger partial charge is 0.208 e. The maximum absolute atomic E-state index is 5.23. The highest BCUT2D eigenvalue weighted by molar-refractivity contribution is 5.93. The number of rotatable bonds is 8. The summed E-state index contributed by atoms with van der Waals surface area (Å²) < 4.78 is 0. The molecule has 0 spiro atoms. The highest BCUT2D eigenvalue weighted by atomic mass is 15.0. The molecule has 1 heterocycles. The van der Waals surface area contributed by atoms with E-state index in [1.165, 1.54) is 22.3 Å². The SMILES string of the molecule is c1ccc(-c2ccc(-c3nc(-c4ccc(-c5ccccc5-c5ccccc5)cc4)nc(-c4cccc(-c5ccccc5)c4-c4ccccc4)n3)cc2)cc1. The summed E-state index contributed by atoms with van der Waals surface area (Å²) in [7, 11) is 0. The molecule has 3 heteroatoms. The van der Waals surface area contributed by atoms with E-state index >= 15 is 0 Å². The summed E-state index contributed by atoms with van der Waals surface area (Å²) in [5, 5.41) is 0. The second kappa shape index (κ2) is 14.8. The van der Waals surface area contributed by atoms with Crippen LogP contribution in [0.2, 0.25) is 0 Å². The van der Waals surface area contributed by atoms with E-state index in [2.05, 4.69) is 206 Å². The Morgan fingerprint density at radius 1 is 0.185 bits per heavy atom. The van der Waals surface area contributed by atoms with Crippen LogP contribution in [-0.2, 0) is 0 Å². The molecule has 0 N–H and O–H groups in total. The zero-order chi connectivity index (χ0) is 36.1. The van der Waals surface area contributed by atoms with Crippen LogP contribution in [0.5, 0.6) is 0 Å². The third-order valence-corrected chi connectivity index (χ3v) is 9.80. The Labute approximate surface area is 316 Å². The van der Waals surface area contributed by atoms with Crippen molar-refractivity contribution in [2.45, 2.75) is 0 Å². The second-order valence-electron chi connectivity index (χ2n) is 13.2. The zero-order valence-electron chi connectivity index (χ0n) is 29.5. The van der Waals surface area contributed by atoms with Gasteiger partial charge in [0.25, 0.3) is 0 Å². The Kier molecular flexibility index (Phi) is 8.94. The van der Waals surface area contributed by atoms with Gasteiger partial charge in [0.2, 0.25) is 0 Å². The van der Waals surface area contributed by atoms with Crippen LogP contribution in [0.4, 0.5) is 0 Å². The van der Waals surface area contributed by atoms with Crippen molar-refractivity contribution in [2.75, 3.05) is 0 Å². The smallest absolute Gasteiger partial charge is 0.164 e. The lowest BCUT2D eigenvalue weighted by molar-refractivity contribution is 1.07. The summed E-state index contributed by atoms with van der Waals surface area (Å²) in [5.41, 5.74) is 14.2.